The van der Waals surface area contributed by atoms with E-state index in [2.05, 4.69) is 37.4 Å². The van der Waals surface area contributed by atoms with E-state index >= 15 is 0 Å². The van der Waals surface area contributed by atoms with Gasteiger partial charge in [-0.15, -0.1) is 0 Å². The number of rotatable bonds is 5. The van der Waals surface area contributed by atoms with E-state index in [0.717, 1.165) is 28.9 Å². The van der Waals surface area contributed by atoms with Crippen LogP contribution in [-0.2, 0) is 6.42 Å². The minimum atomic E-state index is -0.366. The van der Waals surface area contributed by atoms with Crippen LogP contribution in [0.4, 0.5) is 15.8 Å². The first-order chi connectivity index (χ1) is 13.5. The number of halogens is 1. The third-order valence-electron chi connectivity index (χ3n) is 4.62. The molecule has 0 heterocycles. The predicted octanol–water partition coefficient (Wildman–Crippen LogP) is 6.09. The highest BCUT2D eigenvalue weighted by Crippen LogP contribution is 2.22. The van der Waals surface area contributed by atoms with Gasteiger partial charge in [0.25, 0.3) is 5.91 Å². The molecule has 142 valence electrons. The highest BCUT2D eigenvalue weighted by atomic mass is 19.1. The summed E-state index contributed by atoms with van der Waals surface area (Å²) in [5.41, 5.74) is 6.40. The third kappa shape index (κ3) is 4.71. The Kier molecular flexibility index (Phi) is 5.99. The van der Waals surface area contributed by atoms with Crippen molar-refractivity contribution in [2.45, 2.75) is 27.2 Å². The zero-order valence-corrected chi connectivity index (χ0v) is 16.3. The highest BCUT2D eigenvalue weighted by molar-refractivity contribution is 6.05. The molecule has 0 aromatic heterocycles. The maximum atomic E-state index is 13.0. The van der Waals surface area contributed by atoms with Crippen molar-refractivity contribution >= 4 is 23.0 Å². The third-order valence-corrected chi connectivity index (χ3v) is 4.62. The Balaban J connectivity index is 1.73. The van der Waals surface area contributed by atoms with Gasteiger partial charge in [0.15, 0.2) is 0 Å². The molecule has 0 aliphatic rings. The van der Waals surface area contributed by atoms with Crippen LogP contribution in [-0.4, -0.2) is 11.6 Å². The number of hydrogen-bond donors (Lipinski definition) is 1. The van der Waals surface area contributed by atoms with E-state index in [0.29, 0.717) is 11.3 Å². The number of aryl methyl sites for hydroxylation is 2. The van der Waals surface area contributed by atoms with Gasteiger partial charge in [-0.05, 0) is 79.4 Å². The van der Waals surface area contributed by atoms with Gasteiger partial charge in [-0.25, -0.2) is 4.39 Å². The molecule has 4 heteroatoms. The molecule has 3 rings (SSSR count). The number of aliphatic imine (C=N–C) groups is 1. The molecule has 0 radical (unpaired) electrons. The van der Waals surface area contributed by atoms with E-state index in [-0.39, 0.29) is 11.7 Å². The molecule has 3 aromatic rings. The molecule has 0 unspecified atom stereocenters. The summed E-state index contributed by atoms with van der Waals surface area (Å²) in [6.45, 7) is 6.18. The lowest BCUT2D eigenvalue weighted by molar-refractivity contribution is 0.102. The van der Waals surface area contributed by atoms with Crippen LogP contribution in [0, 0.1) is 12.7 Å². The van der Waals surface area contributed by atoms with Gasteiger partial charge in [0.05, 0.1) is 5.69 Å². The van der Waals surface area contributed by atoms with Gasteiger partial charge in [0.2, 0.25) is 0 Å². The van der Waals surface area contributed by atoms with E-state index in [1.807, 2.05) is 31.2 Å². The number of amides is 1. The predicted molar refractivity (Wildman–Crippen MR) is 113 cm³/mol. The normalized spacial score (nSPS) is 11.4. The number of carbonyl (C=O) groups is 1. The fourth-order valence-corrected chi connectivity index (χ4v) is 2.91. The van der Waals surface area contributed by atoms with Crippen molar-refractivity contribution < 1.29 is 9.18 Å². The monoisotopic (exact) mass is 374 g/mol. The number of benzene rings is 3. The summed E-state index contributed by atoms with van der Waals surface area (Å²) in [5, 5.41) is 2.81. The quantitative estimate of drug-likeness (QED) is 0.540. The summed E-state index contributed by atoms with van der Waals surface area (Å²) in [4.78, 5) is 17.0. The molecule has 0 bridgehead atoms. The van der Waals surface area contributed by atoms with Crippen molar-refractivity contribution in [2.24, 2.45) is 4.99 Å². The Morgan fingerprint density at radius 3 is 2.21 bits per heavy atom. The molecule has 0 fully saturated rings. The Morgan fingerprint density at radius 2 is 1.61 bits per heavy atom. The maximum absolute atomic E-state index is 13.0. The smallest absolute Gasteiger partial charge is 0.255 e. The van der Waals surface area contributed by atoms with E-state index in [9.17, 15) is 9.18 Å². The van der Waals surface area contributed by atoms with Crippen molar-refractivity contribution in [3.05, 3.63) is 94.8 Å². The summed E-state index contributed by atoms with van der Waals surface area (Å²) in [7, 11) is 0. The zero-order valence-electron chi connectivity index (χ0n) is 16.3. The zero-order chi connectivity index (χ0) is 20.1. The summed E-state index contributed by atoms with van der Waals surface area (Å²) >= 11 is 0. The standard InChI is InChI=1S/C24H23FN2O/c1-4-18-5-14-23(16(2)15-18)26-17(3)19-8-12-22(13-9-19)27-24(28)20-6-10-21(25)11-7-20/h5-15H,4H2,1-3H3,(H,27,28). The van der Waals surface area contributed by atoms with Gasteiger partial charge in [0.1, 0.15) is 5.82 Å². The minimum absolute atomic E-state index is 0.273. The Labute approximate surface area is 165 Å². The van der Waals surface area contributed by atoms with Crippen LogP contribution in [0.15, 0.2) is 71.7 Å². The lowest BCUT2D eigenvalue weighted by Gasteiger charge is -2.08. The first kappa shape index (κ1) is 19.5. The van der Waals surface area contributed by atoms with Gasteiger partial charge in [0, 0.05) is 17.0 Å². The Hall–Kier alpha value is -3.27. The second-order valence-corrected chi connectivity index (χ2v) is 6.71. The van der Waals surface area contributed by atoms with Gasteiger partial charge in [-0.2, -0.15) is 0 Å². The van der Waals surface area contributed by atoms with Crippen LogP contribution in [0.2, 0.25) is 0 Å². The molecule has 0 saturated carbocycles. The van der Waals surface area contributed by atoms with Crippen LogP contribution in [0.3, 0.4) is 0 Å². The molecule has 3 nitrogen and oxygen atoms in total. The molecule has 0 aliphatic heterocycles. The number of hydrogen-bond acceptors (Lipinski definition) is 2. The average molecular weight is 374 g/mol. The lowest BCUT2D eigenvalue weighted by atomic mass is 10.1. The fraction of sp³-hybridized carbons (Fsp3) is 0.167. The summed E-state index contributed by atoms with van der Waals surface area (Å²) in [5.74, 6) is -0.639. The topological polar surface area (TPSA) is 41.5 Å². The Bertz CT molecular complexity index is 1010. The summed E-state index contributed by atoms with van der Waals surface area (Å²) in [6.07, 6.45) is 1.01. The van der Waals surface area contributed by atoms with Crippen molar-refractivity contribution in [1.29, 1.82) is 0 Å². The van der Waals surface area contributed by atoms with Crippen LogP contribution >= 0.6 is 0 Å². The molecule has 3 aromatic carbocycles. The molecule has 0 saturated heterocycles. The van der Waals surface area contributed by atoms with Gasteiger partial charge < -0.3 is 5.32 Å². The van der Waals surface area contributed by atoms with Crippen LogP contribution < -0.4 is 5.32 Å². The van der Waals surface area contributed by atoms with Crippen molar-refractivity contribution in [2.75, 3.05) is 5.32 Å². The number of carbonyl (C=O) groups excluding carboxylic acids is 1. The highest BCUT2D eigenvalue weighted by Gasteiger charge is 2.07. The number of nitrogens with zero attached hydrogens (tertiary/aromatic N) is 1. The van der Waals surface area contributed by atoms with E-state index in [1.54, 1.807) is 0 Å². The molecule has 28 heavy (non-hydrogen) atoms. The van der Waals surface area contributed by atoms with Gasteiger partial charge in [-0.1, -0.05) is 31.2 Å². The van der Waals surface area contributed by atoms with Crippen molar-refractivity contribution in [1.82, 2.24) is 0 Å². The Morgan fingerprint density at radius 1 is 0.964 bits per heavy atom. The number of anilines is 1. The van der Waals surface area contributed by atoms with Gasteiger partial charge in [-0.3, -0.25) is 9.79 Å². The molecule has 0 aliphatic carbocycles. The van der Waals surface area contributed by atoms with Crippen LogP contribution in [0.1, 0.15) is 40.9 Å². The second kappa shape index (κ2) is 8.61. The first-order valence-electron chi connectivity index (χ1n) is 9.28. The summed E-state index contributed by atoms with van der Waals surface area (Å²) in [6, 6.07) is 19.3. The first-order valence-corrected chi connectivity index (χ1v) is 9.28. The minimum Gasteiger partial charge on any atom is -0.322 e. The second-order valence-electron chi connectivity index (χ2n) is 6.71. The van der Waals surface area contributed by atoms with Crippen molar-refractivity contribution in [3.63, 3.8) is 0 Å². The molecule has 1 N–H and O–H groups in total. The molecular formula is C24H23FN2O. The van der Waals surface area contributed by atoms with E-state index < -0.39 is 0 Å². The summed E-state index contributed by atoms with van der Waals surface area (Å²) < 4.78 is 13.0. The number of nitrogens with one attached hydrogen (secondary N) is 1. The van der Waals surface area contributed by atoms with E-state index in [1.165, 1.54) is 29.8 Å². The largest absolute Gasteiger partial charge is 0.322 e. The molecule has 0 atom stereocenters. The van der Waals surface area contributed by atoms with E-state index in [4.69, 9.17) is 4.99 Å². The van der Waals surface area contributed by atoms with Gasteiger partial charge >= 0.3 is 0 Å². The average Bonchev–Trinajstić information content (AvgIpc) is 2.70. The lowest BCUT2D eigenvalue weighted by Crippen LogP contribution is -2.11. The fourth-order valence-electron chi connectivity index (χ4n) is 2.91. The molecule has 0 spiro atoms. The SMILES string of the molecule is CCc1ccc(N=C(C)c2ccc(NC(=O)c3ccc(F)cc3)cc2)c(C)c1. The van der Waals surface area contributed by atoms with Crippen molar-refractivity contribution in [3.8, 4) is 0 Å². The molecule has 1 amide bonds. The van der Waals surface area contributed by atoms with Crippen LogP contribution in [0.25, 0.3) is 0 Å². The molecular weight excluding hydrogens is 351 g/mol. The maximum Gasteiger partial charge on any atom is 0.255 e. The van der Waals surface area contributed by atoms with Crippen LogP contribution in [0.5, 0.6) is 0 Å².